The highest BCUT2D eigenvalue weighted by Crippen LogP contribution is 2.37. The molecule has 0 spiro atoms. The molecule has 3 atom stereocenters. The summed E-state index contributed by atoms with van der Waals surface area (Å²) in [5.74, 6) is -0.322. The number of nitrogens with zero attached hydrogens (tertiary/aromatic N) is 1. The summed E-state index contributed by atoms with van der Waals surface area (Å²) in [5, 5.41) is 18.3. The summed E-state index contributed by atoms with van der Waals surface area (Å²) in [7, 11) is -3.74. The van der Waals surface area contributed by atoms with Crippen LogP contribution in [0.3, 0.4) is 0 Å². The van der Waals surface area contributed by atoms with E-state index in [9.17, 15) is 18.3 Å². The predicted octanol–water partition coefficient (Wildman–Crippen LogP) is 3.14. The third-order valence-electron chi connectivity index (χ3n) is 5.40. The number of amides is 2. The van der Waals surface area contributed by atoms with Crippen LogP contribution in [0.5, 0.6) is 5.75 Å². The summed E-state index contributed by atoms with van der Waals surface area (Å²) in [6, 6.07) is 7.01. The molecular weight excluding hydrogens is 416 g/mol. The number of halogens is 1. The third kappa shape index (κ3) is 4.17. The van der Waals surface area contributed by atoms with Gasteiger partial charge in [-0.1, -0.05) is 11.6 Å². The molecule has 2 aromatic rings. The highest BCUT2D eigenvalue weighted by Gasteiger charge is 2.41. The van der Waals surface area contributed by atoms with E-state index < -0.39 is 21.1 Å². The smallest absolute Gasteiger partial charge is 0.323 e. The number of phenols is 1. The van der Waals surface area contributed by atoms with Crippen LogP contribution in [0.4, 0.5) is 16.2 Å². The number of aromatic hydroxyl groups is 1. The van der Waals surface area contributed by atoms with Gasteiger partial charge in [-0.05, 0) is 56.0 Å². The Morgan fingerprint density at radius 3 is 2.59 bits per heavy atom. The van der Waals surface area contributed by atoms with Crippen molar-refractivity contribution in [3.8, 4) is 5.75 Å². The zero-order chi connectivity index (χ0) is 20.6. The van der Waals surface area contributed by atoms with Crippen molar-refractivity contribution in [2.75, 3.05) is 10.6 Å². The lowest BCUT2D eigenvalue weighted by Crippen LogP contribution is -2.43. The summed E-state index contributed by atoms with van der Waals surface area (Å²) in [6.45, 7) is 0. The highest BCUT2D eigenvalue weighted by atomic mass is 35.5. The fourth-order valence-corrected chi connectivity index (χ4v) is 6.17. The fraction of sp³-hybridized carbons (Fsp3) is 0.368. The van der Waals surface area contributed by atoms with Crippen LogP contribution in [0.2, 0.25) is 5.15 Å². The Morgan fingerprint density at radius 1 is 1.17 bits per heavy atom. The second-order valence-electron chi connectivity index (χ2n) is 7.38. The van der Waals surface area contributed by atoms with Gasteiger partial charge in [0.1, 0.15) is 10.6 Å². The van der Waals surface area contributed by atoms with Gasteiger partial charge < -0.3 is 21.1 Å². The van der Waals surface area contributed by atoms with Gasteiger partial charge in [0.2, 0.25) is 0 Å². The van der Waals surface area contributed by atoms with Crippen molar-refractivity contribution in [3.63, 3.8) is 0 Å². The number of piperidine rings is 1. The van der Waals surface area contributed by atoms with E-state index in [1.54, 1.807) is 12.1 Å². The molecule has 0 saturated carbocycles. The molecule has 10 heteroatoms. The van der Waals surface area contributed by atoms with E-state index >= 15 is 0 Å². The molecule has 3 heterocycles. The Balaban J connectivity index is 1.53. The minimum Gasteiger partial charge on any atom is -0.507 e. The van der Waals surface area contributed by atoms with Crippen LogP contribution in [-0.4, -0.2) is 41.9 Å². The summed E-state index contributed by atoms with van der Waals surface area (Å²) >= 11 is 5.92. The molecule has 29 heavy (non-hydrogen) atoms. The van der Waals surface area contributed by atoms with Gasteiger partial charge in [-0.25, -0.2) is 18.2 Å². The van der Waals surface area contributed by atoms with E-state index in [0.29, 0.717) is 18.5 Å². The molecular formula is C19H21ClN4O4S. The summed E-state index contributed by atoms with van der Waals surface area (Å²) in [4.78, 5) is 16.0. The number of urea groups is 1. The average Bonchev–Trinajstić information content (AvgIpc) is 3.02. The van der Waals surface area contributed by atoms with Gasteiger partial charge in [0.25, 0.3) is 0 Å². The van der Waals surface area contributed by atoms with Crippen LogP contribution < -0.4 is 16.0 Å². The van der Waals surface area contributed by atoms with Crippen molar-refractivity contribution in [2.24, 2.45) is 0 Å². The molecule has 1 aromatic carbocycles. The molecule has 2 amide bonds. The second kappa shape index (κ2) is 7.81. The number of carbonyl (C=O) groups is 1. The number of carbonyl (C=O) groups excluding carboxylic acids is 1. The van der Waals surface area contributed by atoms with Gasteiger partial charge >= 0.3 is 6.03 Å². The number of phenolic OH excluding ortho intramolecular Hbond substituents is 1. The topological polar surface area (TPSA) is 120 Å². The number of benzene rings is 1. The molecule has 0 aliphatic carbocycles. The molecule has 8 nitrogen and oxygen atoms in total. The van der Waals surface area contributed by atoms with E-state index in [-0.39, 0.29) is 33.6 Å². The maximum atomic E-state index is 13.2. The van der Waals surface area contributed by atoms with Crippen molar-refractivity contribution in [1.29, 1.82) is 0 Å². The molecule has 1 unspecified atom stereocenters. The van der Waals surface area contributed by atoms with Gasteiger partial charge in [0.05, 0.1) is 10.9 Å². The number of anilines is 2. The van der Waals surface area contributed by atoms with E-state index in [1.165, 1.54) is 24.4 Å². The van der Waals surface area contributed by atoms with Crippen LogP contribution in [0.1, 0.15) is 25.7 Å². The molecule has 0 radical (unpaired) electrons. The van der Waals surface area contributed by atoms with Gasteiger partial charge in [-0.15, -0.1) is 0 Å². The average molecular weight is 437 g/mol. The first-order valence-electron chi connectivity index (χ1n) is 9.34. The predicted molar refractivity (Wildman–Crippen MR) is 110 cm³/mol. The first kappa shape index (κ1) is 19.9. The minimum absolute atomic E-state index is 0.136. The first-order valence-corrected chi connectivity index (χ1v) is 11.3. The van der Waals surface area contributed by atoms with Crippen LogP contribution >= 0.6 is 11.6 Å². The van der Waals surface area contributed by atoms with Gasteiger partial charge in [0.15, 0.2) is 15.0 Å². The van der Waals surface area contributed by atoms with Gasteiger partial charge in [-0.2, -0.15) is 0 Å². The molecule has 2 fully saturated rings. The van der Waals surface area contributed by atoms with E-state index in [1.807, 2.05) is 0 Å². The van der Waals surface area contributed by atoms with Crippen LogP contribution in [0, 0.1) is 0 Å². The zero-order valence-corrected chi connectivity index (χ0v) is 17.0. The lowest BCUT2D eigenvalue weighted by molar-refractivity contribution is 0.262. The number of sulfone groups is 1. The van der Waals surface area contributed by atoms with Crippen LogP contribution in [-0.2, 0) is 9.84 Å². The van der Waals surface area contributed by atoms with Crippen molar-refractivity contribution < 1.29 is 18.3 Å². The number of hydrogen-bond acceptors (Lipinski definition) is 6. The Hall–Kier alpha value is -2.36. The van der Waals surface area contributed by atoms with E-state index in [0.717, 1.165) is 12.8 Å². The highest BCUT2D eigenvalue weighted by molar-refractivity contribution is 7.92. The third-order valence-corrected chi connectivity index (χ3v) is 7.90. The molecule has 2 saturated heterocycles. The molecule has 154 valence electrons. The summed E-state index contributed by atoms with van der Waals surface area (Å²) in [6.07, 6.45) is 4.49. The van der Waals surface area contributed by atoms with Crippen LogP contribution in [0.25, 0.3) is 0 Å². The lowest BCUT2D eigenvalue weighted by Gasteiger charge is -2.29. The maximum absolute atomic E-state index is 13.2. The molecule has 2 aliphatic heterocycles. The zero-order valence-electron chi connectivity index (χ0n) is 15.4. The number of rotatable bonds is 4. The summed E-state index contributed by atoms with van der Waals surface area (Å²) in [5.41, 5.74) is 0.569. The second-order valence-corrected chi connectivity index (χ2v) is 9.93. The van der Waals surface area contributed by atoms with Crippen molar-refractivity contribution in [2.45, 2.75) is 47.9 Å². The molecule has 2 aliphatic rings. The Labute approximate surface area is 173 Å². The molecule has 2 bridgehead atoms. The lowest BCUT2D eigenvalue weighted by atomic mass is 10.1. The number of nitrogens with one attached hydrogen (secondary N) is 3. The Morgan fingerprint density at radius 2 is 1.90 bits per heavy atom. The van der Waals surface area contributed by atoms with Gasteiger partial charge in [-0.3, -0.25) is 0 Å². The number of pyridine rings is 1. The minimum atomic E-state index is -3.74. The van der Waals surface area contributed by atoms with E-state index in [2.05, 4.69) is 20.9 Å². The fourth-order valence-electron chi connectivity index (χ4n) is 4.02. The normalized spacial score (nSPS) is 23.6. The number of aromatic nitrogens is 1. The standard InChI is InChI=1S/C19H21ClN4O4S/c20-18-15(2-1-7-21-18)24-19(26)23-13-5-6-16(25)17(10-13)29(27,28)14-8-11-3-4-12(9-14)22-11/h1-2,5-7,10-12,14,22,25H,3-4,8-9H2,(H2,23,24,26)/t11-,12+,14?. The van der Waals surface area contributed by atoms with Gasteiger partial charge in [0, 0.05) is 24.0 Å². The maximum Gasteiger partial charge on any atom is 0.323 e. The molecule has 1 aromatic heterocycles. The number of hydrogen-bond donors (Lipinski definition) is 4. The SMILES string of the molecule is O=C(Nc1ccc(O)c(S(=O)(=O)C2C[C@H]3CC[C@@H](C2)N3)c1)Nc1cccnc1Cl. The monoisotopic (exact) mass is 436 g/mol. The largest absolute Gasteiger partial charge is 0.507 e. The Bertz CT molecular complexity index is 1030. The Kier molecular flexibility index (Phi) is 5.37. The van der Waals surface area contributed by atoms with E-state index in [4.69, 9.17) is 11.6 Å². The molecule has 4 rings (SSSR count). The number of fused-ring (bicyclic) bond motifs is 2. The quantitative estimate of drug-likeness (QED) is 0.431. The van der Waals surface area contributed by atoms with Crippen molar-refractivity contribution in [3.05, 3.63) is 41.7 Å². The van der Waals surface area contributed by atoms with Crippen molar-refractivity contribution in [1.82, 2.24) is 10.3 Å². The summed E-state index contributed by atoms with van der Waals surface area (Å²) < 4.78 is 26.3. The van der Waals surface area contributed by atoms with Crippen molar-refractivity contribution >= 4 is 38.8 Å². The first-order chi connectivity index (χ1) is 13.8. The van der Waals surface area contributed by atoms with Crippen LogP contribution in [0.15, 0.2) is 41.4 Å². The molecule has 4 N–H and O–H groups in total.